The number of nitrogens with zero attached hydrogens (tertiary/aromatic N) is 1. The van der Waals surface area contributed by atoms with Gasteiger partial charge in [-0.3, -0.25) is 5.43 Å². The van der Waals surface area contributed by atoms with Crippen molar-refractivity contribution in [3.8, 4) is 11.5 Å². The molecule has 136 valence electrons. The van der Waals surface area contributed by atoms with Crippen LogP contribution in [0, 0.1) is 0 Å². The summed E-state index contributed by atoms with van der Waals surface area (Å²) >= 11 is 0. The quantitative estimate of drug-likeness (QED) is 0.628. The molecular weight excluding hydrogens is 336 g/mol. The monoisotopic (exact) mass is 358 g/mol. The summed E-state index contributed by atoms with van der Waals surface area (Å²) in [5, 5.41) is 4.60. The molecule has 1 aliphatic rings. The van der Waals surface area contributed by atoms with Gasteiger partial charge in [0.05, 0.1) is 18.5 Å². The van der Waals surface area contributed by atoms with Gasteiger partial charge in [0.15, 0.2) is 0 Å². The Morgan fingerprint density at radius 3 is 2.44 bits per heavy atom. The lowest BCUT2D eigenvalue weighted by atomic mass is 10.1. The van der Waals surface area contributed by atoms with E-state index in [2.05, 4.69) is 34.8 Å². The first kappa shape index (κ1) is 17.2. The smallest absolute Gasteiger partial charge is 0.119 e. The fraction of sp³-hybridized carbons (Fsp3) is 0.174. The highest BCUT2D eigenvalue weighted by Gasteiger charge is 2.18. The summed E-state index contributed by atoms with van der Waals surface area (Å²) in [4.78, 5) is 0. The number of hydrogen-bond donors (Lipinski definition) is 1. The summed E-state index contributed by atoms with van der Waals surface area (Å²) in [6.07, 6.45) is 1.94. The molecule has 0 saturated carbocycles. The normalized spacial score (nSPS) is 14.0. The molecule has 0 amide bonds. The van der Waals surface area contributed by atoms with Crippen molar-refractivity contribution in [1.82, 2.24) is 0 Å². The van der Waals surface area contributed by atoms with Crippen LogP contribution in [0.3, 0.4) is 0 Å². The molecule has 0 aliphatic heterocycles. The SMILES string of the molecule is COc1ccc2c(c1)CCC2=NNc1ccc(OCc2ccccc2)cc1. The molecule has 0 unspecified atom stereocenters. The molecule has 4 rings (SSSR count). The number of ether oxygens (including phenoxy) is 2. The third kappa shape index (κ3) is 4.11. The standard InChI is InChI=1S/C23H22N2O2/c1-26-21-12-13-22-18(15-21)7-14-23(22)25-24-19-8-10-20(11-9-19)27-16-17-5-3-2-4-6-17/h2-6,8-13,15,24H,7,14,16H2,1H3. The Morgan fingerprint density at radius 2 is 1.67 bits per heavy atom. The average molecular weight is 358 g/mol. The molecule has 1 aliphatic carbocycles. The number of rotatable bonds is 6. The average Bonchev–Trinajstić information content (AvgIpc) is 3.14. The predicted molar refractivity (Wildman–Crippen MR) is 109 cm³/mol. The molecule has 0 aromatic heterocycles. The first-order valence-corrected chi connectivity index (χ1v) is 9.08. The third-order valence-corrected chi connectivity index (χ3v) is 4.68. The zero-order valence-electron chi connectivity index (χ0n) is 15.3. The molecule has 0 fully saturated rings. The maximum Gasteiger partial charge on any atom is 0.119 e. The van der Waals surface area contributed by atoms with Crippen LogP contribution in [0.15, 0.2) is 77.9 Å². The van der Waals surface area contributed by atoms with E-state index in [1.165, 1.54) is 11.1 Å². The van der Waals surface area contributed by atoms with E-state index in [9.17, 15) is 0 Å². The van der Waals surface area contributed by atoms with Gasteiger partial charge in [-0.15, -0.1) is 0 Å². The van der Waals surface area contributed by atoms with Crippen molar-refractivity contribution in [2.75, 3.05) is 12.5 Å². The van der Waals surface area contributed by atoms with Crippen LogP contribution >= 0.6 is 0 Å². The van der Waals surface area contributed by atoms with Crippen LogP contribution in [-0.4, -0.2) is 12.8 Å². The third-order valence-electron chi connectivity index (χ3n) is 4.68. The van der Waals surface area contributed by atoms with Crippen LogP contribution < -0.4 is 14.9 Å². The van der Waals surface area contributed by atoms with Crippen molar-refractivity contribution >= 4 is 11.4 Å². The van der Waals surface area contributed by atoms with Gasteiger partial charge in [0, 0.05) is 5.56 Å². The molecule has 0 radical (unpaired) electrons. The number of fused-ring (bicyclic) bond motifs is 1. The molecule has 4 heteroatoms. The van der Waals surface area contributed by atoms with Crippen molar-refractivity contribution in [1.29, 1.82) is 0 Å². The second-order valence-corrected chi connectivity index (χ2v) is 6.49. The van der Waals surface area contributed by atoms with E-state index in [0.717, 1.165) is 41.3 Å². The number of benzene rings is 3. The molecule has 0 spiro atoms. The van der Waals surface area contributed by atoms with Crippen molar-refractivity contribution in [2.45, 2.75) is 19.4 Å². The van der Waals surface area contributed by atoms with Gasteiger partial charge in [0.25, 0.3) is 0 Å². The minimum Gasteiger partial charge on any atom is -0.497 e. The number of hydrazone groups is 1. The van der Waals surface area contributed by atoms with Crippen LogP contribution in [0.25, 0.3) is 0 Å². The van der Waals surface area contributed by atoms with Gasteiger partial charge < -0.3 is 9.47 Å². The van der Waals surface area contributed by atoms with E-state index >= 15 is 0 Å². The van der Waals surface area contributed by atoms with E-state index in [0.29, 0.717) is 6.61 Å². The highest BCUT2D eigenvalue weighted by Crippen LogP contribution is 2.27. The number of aryl methyl sites for hydroxylation is 1. The van der Waals surface area contributed by atoms with Crippen LogP contribution in [-0.2, 0) is 13.0 Å². The molecule has 0 heterocycles. The molecule has 4 nitrogen and oxygen atoms in total. The predicted octanol–water partition coefficient (Wildman–Crippen LogP) is 5.04. The number of nitrogens with one attached hydrogen (secondary N) is 1. The maximum atomic E-state index is 5.82. The van der Waals surface area contributed by atoms with E-state index < -0.39 is 0 Å². The van der Waals surface area contributed by atoms with Gasteiger partial charge in [-0.25, -0.2) is 0 Å². The molecule has 1 N–H and O–H groups in total. The summed E-state index contributed by atoms with van der Waals surface area (Å²) in [5.41, 5.74) is 8.83. The maximum absolute atomic E-state index is 5.82. The summed E-state index contributed by atoms with van der Waals surface area (Å²) in [6.45, 7) is 0.566. The number of methoxy groups -OCH3 is 1. The van der Waals surface area contributed by atoms with Crippen LogP contribution in [0.2, 0.25) is 0 Å². The Balaban J connectivity index is 1.38. The van der Waals surface area contributed by atoms with Crippen LogP contribution in [0.4, 0.5) is 5.69 Å². The zero-order chi connectivity index (χ0) is 18.5. The Morgan fingerprint density at radius 1 is 0.889 bits per heavy atom. The van der Waals surface area contributed by atoms with Gasteiger partial charge >= 0.3 is 0 Å². The van der Waals surface area contributed by atoms with Crippen LogP contribution in [0.1, 0.15) is 23.1 Å². The second-order valence-electron chi connectivity index (χ2n) is 6.49. The van der Waals surface area contributed by atoms with Crippen LogP contribution in [0.5, 0.6) is 11.5 Å². The largest absolute Gasteiger partial charge is 0.497 e. The second kappa shape index (κ2) is 7.96. The Hall–Kier alpha value is -3.27. The molecule has 0 bridgehead atoms. The molecule has 27 heavy (non-hydrogen) atoms. The summed E-state index contributed by atoms with van der Waals surface area (Å²) in [6, 6.07) is 24.2. The zero-order valence-corrected chi connectivity index (χ0v) is 15.3. The minimum atomic E-state index is 0.566. The van der Waals surface area contributed by atoms with Gasteiger partial charge in [-0.2, -0.15) is 5.10 Å². The summed E-state index contributed by atoms with van der Waals surface area (Å²) in [7, 11) is 1.69. The molecule has 0 saturated heterocycles. The minimum absolute atomic E-state index is 0.566. The number of anilines is 1. The van der Waals surface area contributed by atoms with Gasteiger partial charge in [0.1, 0.15) is 18.1 Å². The van der Waals surface area contributed by atoms with E-state index in [-0.39, 0.29) is 0 Å². The van der Waals surface area contributed by atoms with E-state index in [4.69, 9.17) is 9.47 Å². The van der Waals surface area contributed by atoms with Crippen molar-refractivity contribution < 1.29 is 9.47 Å². The van der Waals surface area contributed by atoms with Gasteiger partial charge in [-0.05, 0) is 66.4 Å². The first-order chi connectivity index (χ1) is 13.3. The lowest BCUT2D eigenvalue weighted by Gasteiger charge is -2.08. The topological polar surface area (TPSA) is 42.8 Å². The fourth-order valence-electron chi connectivity index (χ4n) is 3.19. The first-order valence-electron chi connectivity index (χ1n) is 9.08. The van der Waals surface area contributed by atoms with E-state index in [1.807, 2.05) is 48.5 Å². The Bertz CT molecular complexity index is 934. The lowest BCUT2D eigenvalue weighted by Crippen LogP contribution is -2.00. The highest BCUT2D eigenvalue weighted by molar-refractivity contribution is 6.05. The van der Waals surface area contributed by atoms with Crippen molar-refractivity contribution in [3.63, 3.8) is 0 Å². The van der Waals surface area contributed by atoms with Gasteiger partial charge in [0.2, 0.25) is 0 Å². The van der Waals surface area contributed by atoms with Gasteiger partial charge in [-0.1, -0.05) is 30.3 Å². The molecule has 3 aromatic carbocycles. The van der Waals surface area contributed by atoms with Crippen molar-refractivity contribution in [2.24, 2.45) is 5.10 Å². The summed E-state index contributed by atoms with van der Waals surface area (Å²) < 4.78 is 11.1. The van der Waals surface area contributed by atoms with E-state index in [1.54, 1.807) is 7.11 Å². The molecule has 3 aromatic rings. The number of hydrogen-bond acceptors (Lipinski definition) is 4. The summed E-state index contributed by atoms with van der Waals surface area (Å²) in [5.74, 6) is 1.74. The fourth-order valence-corrected chi connectivity index (χ4v) is 3.19. The molecular formula is C23H22N2O2. The Kier molecular flexibility index (Phi) is 5.06. The Labute approximate surface area is 159 Å². The van der Waals surface area contributed by atoms with Crippen molar-refractivity contribution in [3.05, 3.63) is 89.5 Å². The highest BCUT2D eigenvalue weighted by atomic mass is 16.5. The lowest BCUT2D eigenvalue weighted by molar-refractivity contribution is 0.306. The molecule has 0 atom stereocenters.